The van der Waals surface area contributed by atoms with Crippen LogP contribution in [-0.2, 0) is 4.79 Å². The zero-order valence-electron chi connectivity index (χ0n) is 19.2. The van der Waals surface area contributed by atoms with Gasteiger partial charge in [0.1, 0.15) is 6.04 Å². The molecule has 0 aliphatic heterocycles. The van der Waals surface area contributed by atoms with Gasteiger partial charge in [-0.2, -0.15) is 0 Å². The fourth-order valence-corrected chi connectivity index (χ4v) is 5.42. The lowest BCUT2D eigenvalue weighted by atomic mass is 9.97. The molecule has 0 saturated heterocycles. The van der Waals surface area contributed by atoms with Crippen LogP contribution in [0.25, 0.3) is 0 Å². The molecule has 2 heterocycles. The molecule has 0 radical (unpaired) electrons. The van der Waals surface area contributed by atoms with Crippen molar-refractivity contribution in [1.82, 2.24) is 15.6 Å². The lowest BCUT2D eigenvalue weighted by molar-refractivity contribution is -0.124. The van der Waals surface area contributed by atoms with E-state index in [1.807, 2.05) is 19.9 Å². The number of hydrogen-bond donors (Lipinski definition) is 3. The number of nitrogens with zero attached hydrogens (tertiary/aromatic N) is 1. The molecular formula is C24H29ClF2N4O2S. The van der Waals surface area contributed by atoms with Gasteiger partial charge in [-0.3, -0.25) is 14.6 Å². The Hall–Kier alpha value is -2.26. The Kier molecular flexibility index (Phi) is 7.42. The Morgan fingerprint density at radius 1 is 1.29 bits per heavy atom. The number of amides is 2. The van der Waals surface area contributed by atoms with Gasteiger partial charge in [-0.25, -0.2) is 8.78 Å². The van der Waals surface area contributed by atoms with Crippen molar-refractivity contribution < 1.29 is 18.4 Å². The Balaban J connectivity index is 1.40. The van der Waals surface area contributed by atoms with Crippen LogP contribution in [0.4, 0.5) is 14.5 Å². The van der Waals surface area contributed by atoms with E-state index in [4.69, 9.17) is 11.6 Å². The average Bonchev–Trinajstić information content (AvgIpc) is 3.22. The molecular weight excluding hydrogens is 482 g/mol. The van der Waals surface area contributed by atoms with E-state index in [0.29, 0.717) is 22.2 Å². The zero-order valence-corrected chi connectivity index (χ0v) is 20.7. The van der Waals surface area contributed by atoms with Crippen molar-refractivity contribution in [3.63, 3.8) is 0 Å². The van der Waals surface area contributed by atoms with E-state index >= 15 is 0 Å². The highest BCUT2D eigenvalue weighted by Crippen LogP contribution is 2.41. The number of alkyl halides is 2. The molecule has 2 saturated carbocycles. The summed E-state index contributed by atoms with van der Waals surface area (Å²) >= 11 is 7.37. The molecule has 34 heavy (non-hydrogen) atoms. The van der Waals surface area contributed by atoms with E-state index < -0.39 is 23.9 Å². The molecule has 2 fully saturated rings. The van der Waals surface area contributed by atoms with Crippen molar-refractivity contribution in [3.8, 4) is 0 Å². The Morgan fingerprint density at radius 3 is 2.68 bits per heavy atom. The number of pyridine rings is 1. The first kappa shape index (κ1) is 24.9. The third-order valence-corrected chi connectivity index (χ3v) is 7.98. The zero-order chi connectivity index (χ0) is 24.5. The highest BCUT2D eigenvalue weighted by molar-refractivity contribution is 7.14. The van der Waals surface area contributed by atoms with Gasteiger partial charge in [0.15, 0.2) is 0 Å². The minimum Gasteiger partial charge on any atom is -0.376 e. The fourth-order valence-electron chi connectivity index (χ4n) is 4.35. The highest BCUT2D eigenvalue weighted by atomic mass is 35.5. The number of nitrogens with one attached hydrogen (secondary N) is 3. The predicted octanol–water partition coefficient (Wildman–Crippen LogP) is 5.48. The summed E-state index contributed by atoms with van der Waals surface area (Å²) in [5, 5.41) is 9.10. The maximum Gasteiger partial charge on any atom is 0.270 e. The Labute approximate surface area is 206 Å². The topological polar surface area (TPSA) is 83.1 Å². The predicted molar refractivity (Wildman–Crippen MR) is 130 cm³/mol. The third kappa shape index (κ3) is 6.05. The van der Waals surface area contributed by atoms with Crippen LogP contribution in [0.2, 0.25) is 5.02 Å². The van der Waals surface area contributed by atoms with E-state index in [9.17, 15) is 18.4 Å². The molecule has 0 unspecified atom stereocenters. The number of rotatable bonds is 9. The van der Waals surface area contributed by atoms with Crippen LogP contribution in [0, 0.1) is 12.8 Å². The number of carbonyl (C=O) groups is 2. The number of aromatic nitrogens is 1. The quantitative estimate of drug-likeness (QED) is 0.417. The normalized spacial score (nSPS) is 21.0. The summed E-state index contributed by atoms with van der Waals surface area (Å²) in [7, 11) is 0. The molecule has 2 aliphatic rings. The minimum atomic E-state index is -2.85. The molecule has 3 N–H and O–H groups in total. The van der Waals surface area contributed by atoms with Gasteiger partial charge < -0.3 is 16.0 Å². The SMILES string of the molecule is Cc1ncc(Cl)cc1N[C@H](C)c1ccc(C(=O)N[C@@H](CC2CCCC2)C(=O)N[C@@H]2CC2(F)F)s1. The Bertz CT molecular complexity index is 1060. The van der Waals surface area contributed by atoms with E-state index in [2.05, 4.69) is 20.9 Å². The molecule has 4 rings (SSSR count). The van der Waals surface area contributed by atoms with Crippen LogP contribution in [0.5, 0.6) is 0 Å². The first-order chi connectivity index (χ1) is 16.1. The number of thiophene rings is 1. The molecule has 184 valence electrons. The molecule has 2 aromatic rings. The molecule has 0 bridgehead atoms. The third-order valence-electron chi connectivity index (χ3n) is 6.51. The van der Waals surface area contributed by atoms with Crippen molar-refractivity contribution >= 4 is 40.4 Å². The second kappa shape index (κ2) is 10.2. The molecule has 0 aromatic carbocycles. The van der Waals surface area contributed by atoms with E-state index in [1.165, 1.54) is 11.3 Å². The first-order valence-corrected chi connectivity index (χ1v) is 12.8. The van der Waals surface area contributed by atoms with E-state index in [-0.39, 0.29) is 18.4 Å². The standard InChI is InChI=1S/C24H29ClF2N4O2S/c1-13-17(10-16(25)12-28-13)29-14(2)19-7-8-20(34-19)23(33)30-18(9-15-5-3-4-6-15)22(32)31-21-11-24(21,26)27/h7-8,10,12,14-15,18,21,29H,3-6,9,11H2,1-2H3,(H,30,33)(H,31,32)/t14-,18+,21-/m1/s1. The van der Waals surface area contributed by atoms with Gasteiger partial charge >= 0.3 is 0 Å². The summed E-state index contributed by atoms with van der Waals surface area (Å²) < 4.78 is 26.6. The lowest BCUT2D eigenvalue weighted by Crippen LogP contribution is -2.48. The van der Waals surface area contributed by atoms with Crippen LogP contribution in [0.1, 0.15) is 71.7 Å². The molecule has 10 heteroatoms. The first-order valence-electron chi connectivity index (χ1n) is 11.6. The van der Waals surface area contributed by atoms with Gasteiger partial charge in [0.25, 0.3) is 11.8 Å². The maximum atomic E-state index is 13.3. The van der Waals surface area contributed by atoms with Gasteiger partial charge in [0.05, 0.1) is 33.4 Å². The number of carbonyl (C=O) groups excluding carboxylic acids is 2. The largest absolute Gasteiger partial charge is 0.376 e. The Morgan fingerprint density at radius 2 is 2.00 bits per heavy atom. The van der Waals surface area contributed by atoms with Crippen LogP contribution in [0.15, 0.2) is 24.4 Å². The molecule has 2 amide bonds. The van der Waals surface area contributed by atoms with Crippen LogP contribution in [0.3, 0.4) is 0 Å². The number of halogens is 3. The second-order valence-corrected chi connectivity index (χ2v) is 10.8. The molecule has 6 nitrogen and oxygen atoms in total. The van der Waals surface area contributed by atoms with Crippen molar-refractivity contribution in [2.75, 3.05) is 5.32 Å². The number of anilines is 1. The fraction of sp³-hybridized carbons (Fsp3) is 0.542. The van der Waals surface area contributed by atoms with Gasteiger partial charge in [-0.05, 0) is 44.4 Å². The molecule has 3 atom stereocenters. The van der Waals surface area contributed by atoms with Crippen LogP contribution in [-0.4, -0.2) is 34.8 Å². The maximum absolute atomic E-state index is 13.3. The summed E-state index contributed by atoms with van der Waals surface area (Å²) in [4.78, 5) is 31.3. The van der Waals surface area contributed by atoms with Gasteiger partial charge in [-0.1, -0.05) is 37.3 Å². The van der Waals surface area contributed by atoms with Crippen molar-refractivity contribution in [2.24, 2.45) is 5.92 Å². The van der Waals surface area contributed by atoms with E-state index in [0.717, 1.165) is 41.9 Å². The average molecular weight is 511 g/mol. The highest BCUT2D eigenvalue weighted by Gasteiger charge is 2.58. The summed E-state index contributed by atoms with van der Waals surface area (Å²) in [5.74, 6) is -3.43. The smallest absolute Gasteiger partial charge is 0.270 e. The summed E-state index contributed by atoms with van der Waals surface area (Å²) in [6.45, 7) is 3.85. The van der Waals surface area contributed by atoms with E-state index in [1.54, 1.807) is 18.3 Å². The number of aryl methyl sites for hydroxylation is 1. The van der Waals surface area contributed by atoms with Crippen molar-refractivity contribution in [1.29, 1.82) is 0 Å². The van der Waals surface area contributed by atoms with Gasteiger partial charge in [0, 0.05) is 17.5 Å². The summed E-state index contributed by atoms with van der Waals surface area (Å²) in [6, 6.07) is 3.33. The second-order valence-electron chi connectivity index (χ2n) is 9.29. The molecule has 2 aromatic heterocycles. The van der Waals surface area contributed by atoms with Gasteiger partial charge in [0.2, 0.25) is 5.91 Å². The van der Waals surface area contributed by atoms with Gasteiger partial charge in [-0.15, -0.1) is 11.3 Å². The van der Waals surface area contributed by atoms with Crippen molar-refractivity contribution in [3.05, 3.63) is 44.9 Å². The minimum absolute atomic E-state index is 0.0970. The lowest BCUT2D eigenvalue weighted by Gasteiger charge is -2.21. The molecule has 0 spiro atoms. The van der Waals surface area contributed by atoms with Crippen LogP contribution >= 0.6 is 22.9 Å². The summed E-state index contributed by atoms with van der Waals surface area (Å²) in [6.07, 6.45) is 5.87. The summed E-state index contributed by atoms with van der Waals surface area (Å²) in [5.41, 5.74) is 1.62. The molecule has 2 aliphatic carbocycles. The van der Waals surface area contributed by atoms with Crippen molar-refractivity contribution in [2.45, 2.75) is 76.4 Å². The van der Waals surface area contributed by atoms with Crippen LogP contribution < -0.4 is 16.0 Å². The number of hydrogen-bond acceptors (Lipinski definition) is 5. The monoisotopic (exact) mass is 510 g/mol.